The smallest absolute Gasteiger partial charge is 0.262 e. The molecular weight excluding hydrogens is 486 g/mol. The van der Waals surface area contributed by atoms with E-state index in [4.69, 9.17) is 0 Å². The zero-order chi connectivity index (χ0) is 23.1. The number of rotatable bonds is 4. The molecule has 2 aromatic carbocycles. The Labute approximate surface area is 200 Å². The fraction of sp³-hybridized carbons (Fsp3) is 0.360. The van der Waals surface area contributed by atoms with Crippen molar-refractivity contribution in [2.75, 3.05) is 13.1 Å². The molecule has 0 radical (unpaired) electrons. The summed E-state index contributed by atoms with van der Waals surface area (Å²) in [7, 11) is 0. The van der Waals surface area contributed by atoms with Gasteiger partial charge in [0.1, 0.15) is 6.04 Å². The molecule has 1 unspecified atom stereocenters. The highest BCUT2D eigenvalue weighted by atomic mass is 79.9. The maximum Gasteiger partial charge on any atom is 0.262 e. The van der Waals surface area contributed by atoms with Crippen LogP contribution in [0.15, 0.2) is 46.9 Å². The summed E-state index contributed by atoms with van der Waals surface area (Å²) in [4.78, 5) is 52.9. The first kappa shape index (κ1) is 22.0. The van der Waals surface area contributed by atoms with Crippen molar-refractivity contribution in [2.45, 2.75) is 44.2 Å². The number of halogens is 1. The number of imide groups is 2. The summed E-state index contributed by atoms with van der Waals surface area (Å²) in [5.41, 5.74) is 3.00. The van der Waals surface area contributed by atoms with Crippen molar-refractivity contribution in [3.63, 3.8) is 0 Å². The first-order chi connectivity index (χ1) is 15.9. The molecule has 0 spiro atoms. The third kappa shape index (κ3) is 4.25. The summed E-state index contributed by atoms with van der Waals surface area (Å²) in [6.45, 7) is 2.64. The van der Waals surface area contributed by atoms with Gasteiger partial charge in [0.15, 0.2) is 0 Å². The maximum atomic E-state index is 13.0. The molecule has 1 N–H and O–H groups in total. The third-order valence-electron chi connectivity index (χ3n) is 6.84. The Hall–Kier alpha value is -2.84. The van der Waals surface area contributed by atoms with Crippen molar-refractivity contribution in [3.8, 4) is 0 Å². The van der Waals surface area contributed by atoms with Gasteiger partial charge >= 0.3 is 0 Å². The number of fused-ring (bicyclic) bond motifs is 1. The van der Waals surface area contributed by atoms with Crippen molar-refractivity contribution >= 4 is 39.6 Å². The van der Waals surface area contributed by atoms with Crippen molar-refractivity contribution in [3.05, 3.63) is 69.2 Å². The van der Waals surface area contributed by atoms with Crippen LogP contribution in [-0.4, -0.2) is 52.6 Å². The largest absolute Gasteiger partial charge is 0.299 e. The molecule has 8 heteroatoms. The Morgan fingerprint density at radius 3 is 2.27 bits per heavy atom. The minimum atomic E-state index is -0.934. The number of carbonyl (C=O) groups is 4. The molecule has 3 aliphatic heterocycles. The minimum absolute atomic E-state index is 0.116. The zero-order valence-corrected chi connectivity index (χ0v) is 19.6. The number of hydrogen-bond donors (Lipinski definition) is 1. The Morgan fingerprint density at radius 2 is 1.58 bits per heavy atom. The van der Waals surface area contributed by atoms with Gasteiger partial charge in [0.25, 0.3) is 11.8 Å². The van der Waals surface area contributed by atoms with Crippen LogP contribution in [0.25, 0.3) is 0 Å². The van der Waals surface area contributed by atoms with Crippen LogP contribution in [-0.2, 0) is 16.1 Å². The van der Waals surface area contributed by atoms with E-state index in [-0.39, 0.29) is 18.7 Å². The third-order valence-corrected chi connectivity index (χ3v) is 7.37. The molecule has 3 heterocycles. The highest BCUT2D eigenvalue weighted by molar-refractivity contribution is 9.10. The molecule has 1 atom stereocenters. The predicted octanol–water partition coefficient (Wildman–Crippen LogP) is 3.23. The van der Waals surface area contributed by atoms with Crippen LogP contribution in [0.5, 0.6) is 0 Å². The lowest BCUT2D eigenvalue weighted by Gasteiger charge is -2.32. The molecule has 5 rings (SSSR count). The van der Waals surface area contributed by atoms with Gasteiger partial charge in [-0.05, 0) is 73.7 Å². The molecular formula is C25H24BrN3O4. The molecule has 2 aromatic rings. The molecule has 3 aliphatic rings. The van der Waals surface area contributed by atoms with E-state index in [2.05, 4.69) is 50.4 Å². The average Bonchev–Trinajstić information content (AvgIpc) is 3.05. The normalized spacial score (nSPS) is 22.0. The summed E-state index contributed by atoms with van der Waals surface area (Å²) in [6, 6.07) is 13.0. The lowest BCUT2D eigenvalue weighted by Crippen LogP contribution is -2.54. The number of amides is 4. The Kier molecular flexibility index (Phi) is 5.88. The summed E-state index contributed by atoms with van der Waals surface area (Å²) >= 11 is 3.49. The van der Waals surface area contributed by atoms with Gasteiger partial charge in [-0.1, -0.05) is 34.1 Å². The number of hydrogen-bond acceptors (Lipinski definition) is 5. The van der Waals surface area contributed by atoms with Crippen LogP contribution >= 0.6 is 15.9 Å². The SMILES string of the molecule is O=C1CCC(N2C(=O)c3ccc(CN4CCC(c5ccc(Br)cc5)CC4)cc3C2=O)C(=O)N1. The molecule has 2 saturated heterocycles. The number of benzene rings is 2. The maximum absolute atomic E-state index is 13.0. The first-order valence-electron chi connectivity index (χ1n) is 11.2. The molecule has 7 nitrogen and oxygen atoms in total. The van der Waals surface area contributed by atoms with E-state index in [0.29, 0.717) is 23.6 Å². The van der Waals surface area contributed by atoms with Gasteiger partial charge in [0, 0.05) is 17.4 Å². The van der Waals surface area contributed by atoms with E-state index in [9.17, 15) is 19.2 Å². The van der Waals surface area contributed by atoms with E-state index in [1.54, 1.807) is 12.1 Å². The predicted molar refractivity (Wildman–Crippen MR) is 125 cm³/mol. The van der Waals surface area contributed by atoms with Crippen LogP contribution in [0.1, 0.15) is 63.4 Å². The van der Waals surface area contributed by atoms with Crippen LogP contribution in [0, 0.1) is 0 Å². The monoisotopic (exact) mass is 509 g/mol. The Morgan fingerprint density at radius 1 is 0.879 bits per heavy atom. The average molecular weight is 510 g/mol. The van der Waals surface area contributed by atoms with Gasteiger partial charge < -0.3 is 0 Å². The standard InChI is InChI=1S/C25H24BrN3O4/c26-18-4-2-16(3-5-18)17-9-11-28(12-10-17)14-15-1-6-19-20(13-15)25(33)29(24(19)32)21-7-8-22(30)27-23(21)31/h1-6,13,17,21H,7-12,14H2,(H,27,30,31). The number of nitrogens with one attached hydrogen (secondary N) is 1. The molecule has 0 aliphatic carbocycles. The Bertz CT molecular complexity index is 1140. The molecule has 2 fully saturated rings. The molecule has 33 heavy (non-hydrogen) atoms. The number of piperidine rings is 2. The number of likely N-dealkylation sites (tertiary alicyclic amines) is 1. The highest BCUT2D eigenvalue weighted by Crippen LogP contribution is 2.31. The lowest BCUT2D eigenvalue weighted by molar-refractivity contribution is -0.136. The van der Waals surface area contributed by atoms with Crippen molar-refractivity contribution in [1.29, 1.82) is 0 Å². The van der Waals surface area contributed by atoms with Crippen LogP contribution in [0.3, 0.4) is 0 Å². The van der Waals surface area contributed by atoms with E-state index in [1.165, 1.54) is 5.56 Å². The molecule has 0 aromatic heterocycles. The topological polar surface area (TPSA) is 86.8 Å². The van der Waals surface area contributed by atoms with Crippen LogP contribution in [0.4, 0.5) is 0 Å². The van der Waals surface area contributed by atoms with Gasteiger partial charge in [0.05, 0.1) is 11.1 Å². The summed E-state index contributed by atoms with van der Waals surface area (Å²) < 4.78 is 1.09. The van der Waals surface area contributed by atoms with Gasteiger partial charge in [-0.15, -0.1) is 0 Å². The quantitative estimate of drug-likeness (QED) is 0.639. The summed E-state index contributed by atoms with van der Waals surface area (Å²) in [5, 5.41) is 2.22. The second kappa shape index (κ2) is 8.83. The minimum Gasteiger partial charge on any atom is -0.299 e. The van der Waals surface area contributed by atoms with Gasteiger partial charge in [-0.25, -0.2) is 0 Å². The van der Waals surface area contributed by atoms with E-state index >= 15 is 0 Å². The first-order valence-corrected chi connectivity index (χ1v) is 12.0. The van der Waals surface area contributed by atoms with Gasteiger partial charge in [0.2, 0.25) is 11.8 Å². The summed E-state index contributed by atoms with van der Waals surface area (Å²) in [5.74, 6) is -1.34. The summed E-state index contributed by atoms with van der Waals surface area (Å²) in [6.07, 6.45) is 2.43. The van der Waals surface area contributed by atoms with Crippen molar-refractivity contribution in [2.24, 2.45) is 0 Å². The molecule has 170 valence electrons. The van der Waals surface area contributed by atoms with Gasteiger partial charge in [-0.2, -0.15) is 0 Å². The highest BCUT2D eigenvalue weighted by Gasteiger charge is 2.44. The van der Waals surface area contributed by atoms with Crippen molar-refractivity contribution in [1.82, 2.24) is 15.1 Å². The molecule has 0 bridgehead atoms. The fourth-order valence-electron chi connectivity index (χ4n) is 5.03. The second-order valence-electron chi connectivity index (χ2n) is 8.93. The van der Waals surface area contributed by atoms with E-state index in [1.807, 2.05) is 6.07 Å². The van der Waals surface area contributed by atoms with Crippen LogP contribution in [0.2, 0.25) is 0 Å². The number of nitrogens with zero attached hydrogens (tertiary/aromatic N) is 2. The Balaban J connectivity index is 1.25. The van der Waals surface area contributed by atoms with E-state index in [0.717, 1.165) is 40.9 Å². The second-order valence-corrected chi connectivity index (χ2v) is 9.84. The van der Waals surface area contributed by atoms with Crippen LogP contribution < -0.4 is 5.32 Å². The molecule has 0 saturated carbocycles. The van der Waals surface area contributed by atoms with E-state index < -0.39 is 23.8 Å². The van der Waals surface area contributed by atoms with Crippen molar-refractivity contribution < 1.29 is 19.2 Å². The fourth-order valence-corrected chi connectivity index (χ4v) is 5.30. The number of carbonyl (C=O) groups excluding carboxylic acids is 4. The lowest BCUT2D eigenvalue weighted by atomic mass is 9.89. The molecule has 4 amide bonds. The zero-order valence-electron chi connectivity index (χ0n) is 18.1. The van der Waals surface area contributed by atoms with Gasteiger partial charge in [-0.3, -0.25) is 34.3 Å².